The number of alkyl halides is 3. The minimum atomic E-state index is -4.41. The van der Waals surface area contributed by atoms with Gasteiger partial charge in [0.2, 0.25) is 5.91 Å². The second-order valence-corrected chi connectivity index (χ2v) is 7.89. The van der Waals surface area contributed by atoms with Crippen LogP contribution in [0.4, 0.5) is 19.0 Å². The molecule has 0 radical (unpaired) electrons. The summed E-state index contributed by atoms with van der Waals surface area (Å²) in [6.07, 6.45) is -2.11. The van der Waals surface area contributed by atoms with E-state index in [9.17, 15) is 22.8 Å². The van der Waals surface area contributed by atoms with Crippen LogP contribution in [-0.4, -0.2) is 57.3 Å². The summed E-state index contributed by atoms with van der Waals surface area (Å²) in [5, 5.41) is 0.625. The van der Waals surface area contributed by atoms with E-state index in [2.05, 4.69) is 9.97 Å². The van der Waals surface area contributed by atoms with Gasteiger partial charge in [0, 0.05) is 56.9 Å². The van der Waals surface area contributed by atoms with Gasteiger partial charge in [0.1, 0.15) is 5.82 Å². The number of hydrogen-bond acceptors (Lipinski definition) is 6. The van der Waals surface area contributed by atoms with E-state index in [1.54, 1.807) is 4.90 Å². The Morgan fingerprint density at radius 3 is 2.52 bits per heavy atom. The number of carbonyl (C=O) groups excluding carboxylic acids is 1. The normalized spacial score (nSPS) is 19.8. The van der Waals surface area contributed by atoms with E-state index in [0.717, 1.165) is 12.3 Å². The largest absolute Gasteiger partial charge is 0.417 e. The van der Waals surface area contributed by atoms with Crippen molar-refractivity contribution >= 4 is 23.5 Å². The molecule has 2 aromatic rings. The summed E-state index contributed by atoms with van der Waals surface area (Å²) < 4.78 is 39.5. The molecule has 11 heteroatoms. The maximum atomic E-state index is 12.9. The summed E-state index contributed by atoms with van der Waals surface area (Å²) in [5.41, 5.74) is -0.951. The predicted molar refractivity (Wildman–Crippen MR) is 101 cm³/mol. The second-order valence-electron chi connectivity index (χ2n) is 6.90. The van der Waals surface area contributed by atoms with Gasteiger partial charge in [-0.3, -0.25) is 14.2 Å². The van der Waals surface area contributed by atoms with Crippen LogP contribution in [-0.2, 0) is 17.5 Å². The van der Waals surface area contributed by atoms with Gasteiger partial charge in [-0.2, -0.15) is 13.2 Å². The van der Waals surface area contributed by atoms with E-state index in [4.69, 9.17) is 0 Å². The first-order valence-corrected chi connectivity index (χ1v) is 10.1. The van der Waals surface area contributed by atoms with Crippen molar-refractivity contribution in [2.45, 2.75) is 17.9 Å². The number of amides is 1. The molecule has 0 N–H and O–H groups in total. The van der Waals surface area contributed by atoms with Gasteiger partial charge in [-0.1, -0.05) is 11.8 Å². The molecule has 154 valence electrons. The Kier molecular flexibility index (Phi) is 5.24. The van der Waals surface area contributed by atoms with Crippen LogP contribution in [0.2, 0.25) is 0 Å². The van der Waals surface area contributed by atoms with Gasteiger partial charge in [0.05, 0.1) is 11.5 Å². The summed E-state index contributed by atoms with van der Waals surface area (Å²) in [6.45, 7) is 2.20. The smallest absolute Gasteiger partial charge is 0.353 e. The maximum absolute atomic E-state index is 12.9. The average Bonchev–Trinajstić information content (AvgIpc) is 2.73. The van der Waals surface area contributed by atoms with Gasteiger partial charge >= 0.3 is 6.18 Å². The number of rotatable bonds is 2. The predicted octanol–water partition coefficient (Wildman–Crippen LogP) is 1.73. The highest BCUT2D eigenvalue weighted by atomic mass is 32.2. The molecule has 0 spiro atoms. The lowest BCUT2D eigenvalue weighted by Crippen LogP contribution is -2.52. The first kappa shape index (κ1) is 19.7. The van der Waals surface area contributed by atoms with Crippen LogP contribution in [0.1, 0.15) is 5.56 Å². The molecule has 2 aliphatic rings. The lowest BCUT2D eigenvalue weighted by Gasteiger charge is -2.37. The molecule has 1 atom stereocenters. The summed E-state index contributed by atoms with van der Waals surface area (Å²) in [4.78, 5) is 36.6. The molecule has 1 unspecified atom stereocenters. The summed E-state index contributed by atoms with van der Waals surface area (Å²) in [6, 6.07) is 3.75. The van der Waals surface area contributed by atoms with Crippen LogP contribution in [0.5, 0.6) is 0 Å². The molecule has 1 saturated heterocycles. The van der Waals surface area contributed by atoms with Crippen LogP contribution in [0, 0.1) is 5.92 Å². The maximum Gasteiger partial charge on any atom is 0.417 e. The number of piperazine rings is 1. The topological polar surface area (TPSA) is 71.3 Å². The molecule has 7 nitrogen and oxygen atoms in total. The highest BCUT2D eigenvalue weighted by Crippen LogP contribution is 2.30. The lowest BCUT2D eigenvalue weighted by atomic mass is 10.1. The van der Waals surface area contributed by atoms with Crippen molar-refractivity contribution in [3.8, 4) is 0 Å². The molecule has 4 heterocycles. The SMILES string of the molecule is O=C(C1CSc2nccc(=O)n2C1)N1CCN(c2ccc(C(F)(F)F)cn2)CC1. The van der Waals surface area contributed by atoms with Crippen molar-refractivity contribution in [2.24, 2.45) is 5.92 Å². The van der Waals surface area contributed by atoms with Crippen molar-refractivity contribution in [3.63, 3.8) is 0 Å². The van der Waals surface area contributed by atoms with Gasteiger partial charge in [-0.05, 0) is 12.1 Å². The number of nitrogens with zero attached hydrogens (tertiary/aromatic N) is 5. The van der Waals surface area contributed by atoms with E-state index >= 15 is 0 Å². The Labute approximate surface area is 168 Å². The number of anilines is 1. The fraction of sp³-hybridized carbons (Fsp3) is 0.444. The molecular weight excluding hydrogens is 407 g/mol. The molecule has 0 aliphatic carbocycles. The van der Waals surface area contributed by atoms with Crippen molar-refractivity contribution in [1.82, 2.24) is 19.4 Å². The van der Waals surface area contributed by atoms with E-state index in [1.807, 2.05) is 4.90 Å². The van der Waals surface area contributed by atoms with Crippen molar-refractivity contribution < 1.29 is 18.0 Å². The average molecular weight is 425 g/mol. The summed E-state index contributed by atoms with van der Waals surface area (Å²) in [7, 11) is 0. The molecule has 0 aromatic carbocycles. The minimum absolute atomic E-state index is 0.0149. The highest BCUT2D eigenvalue weighted by Gasteiger charge is 2.33. The Morgan fingerprint density at radius 2 is 1.86 bits per heavy atom. The number of aromatic nitrogens is 3. The Bertz CT molecular complexity index is 955. The first-order valence-electron chi connectivity index (χ1n) is 9.08. The van der Waals surface area contributed by atoms with Gasteiger partial charge < -0.3 is 9.80 Å². The third-order valence-corrected chi connectivity index (χ3v) is 6.21. The van der Waals surface area contributed by atoms with Crippen LogP contribution < -0.4 is 10.5 Å². The molecule has 1 amide bonds. The van der Waals surface area contributed by atoms with E-state index in [1.165, 1.54) is 34.7 Å². The van der Waals surface area contributed by atoms with Crippen LogP contribution in [0.3, 0.4) is 0 Å². The first-order chi connectivity index (χ1) is 13.8. The second kappa shape index (κ2) is 7.69. The van der Waals surface area contributed by atoms with Crippen LogP contribution in [0.25, 0.3) is 0 Å². The fourth-order valence-corrected chi connectivity index (χ4v) is 4.51. The minimum Gasteiger partial charge on any atom is -0.353 e. The van der Waals surface area contributed by atoms with Gasteiger partial charge in [0.15, 0.2) is 5.16 Å². The molecule has 2 aromatic heterocycles. The summed E-state index contributed by atoms with van der Waals surface area (Å²) >= 11 is 1.40. The number of carbonyl (C=O) groups is 1. The molecule has 0 saturated carbocycles. The van der Waals surface area contributed by atoms with Crippen LogP contribution >= 0.6 is 11.8 Å². The van der Waals surface area contributed by atoms with Gasteiger partial charge in [-0.15, -0.1) is 0 Å². The number of pyridine rings is 1. The fourth-order valence-electron chi connectivity index (χ4n) is 3.45. The highest BCUT2D eigenvalue weighted by molar-refractivity contribution is 7.99. The Balaban J connectivity index is 1.37. The zero-order valence-electron chi connectivity index (χ0n) is 15.3. The van der Waals surface area contributed by atoms with E-state index in [-0.39, 0.29) is 17.4 Å². The van der Waals surface area contributed by atoms with Gasteiger partial charge in [0.25, 0.3) is 5.56 Å². The number of hydrogen-bond donors (Lipinski definition) is 0. The van der Waals surface area contributed by atoms with Crippen molar-refractivity contribution in [2.75, 3.05) is 36.8 Å². The lowest BCUT2D eigenvalue weighted by molar-refractivity contribution is -0.138. The molecule has 4 rings (SSSR count). The molecular formula is C18H18F3N5O2S. The zero-order valence-corrected chi connectivity index (χ0v) is 16.1. The Hall–Kier alpha value is -2.56. The van der Waals surface area contributed by atoms with Gasteiger partial charge in [-0.25, -0.2) is 9.97 Å². The quantitative estimate of drug-likeness (QED) is 0.683. The molecule has 1 fully saturated rings. The summed E-state index contributed by atoms with van der Waals surface area (Å²) in [5.74, 6) is 0.713. The monoisotopic (exact) mass is 425 g/mol. The number of halogens is 3. The van der Waals surface area contributed by atoms with E-state index in [0.29, 0.717) is 49.5 Å². The van der Waals surface area contributed by atoms with Crippen molar-refractivity contribution in [3.05, 3.63) is 46.5 Å². The van der Waals surface area contributed by atoms with Crippen LogP contribution in [0.15, 0.2) is 40.5 Å². The molecule has 2 aliphatic heterocycles. The molecule has 29 heavy (non-hydrogen) atoms. The third-order valence-electron chi connectivity index (χ3n) is 5.06. The zero-order chi connectivity index (χ0) is 20.6. The number of thioether (sulfide) groups is 1. The molecule has 0 bridgehead atoms. The third kappa shape index (κ3) is 4.09. The number of fused-ring (bicyclic) bond motifs is 1. The standard InChI is InChI=1S/C18H18F3N5O2S/c19-18(20,21)13-1-2-14(23-9-13)24-5-7-25(8-6-24)16(28)12-10-26-15(27)3-4-22-17(26)29-11-12/h1-4,9,12H,5-8,10-11H2. The van der Waals surface area contributed by atoms with E-state index < -0.39 is 11.7 Å². The van der Waals surface area contributed by atoms with Crippen molar-refractivity contribution in [1.29, 1.82) is 0 Å². The Morgan fingerprint density at radius 1 is 1.10 bits per heavy atom.